The van der Waals surface area contributed by atoms with Crippen LogP contribution in [0.5, 0.6) is 0 Å². The molecule has 0 saturated carbocycles. The van der Waals surface area contributed by atoms with Gasteiger partial charge in [-0.3, -0.25) is 0 Å². The fourth-order valence-electron chi connectivity index (χ4n) is 0.622. The summed E-state index contributed by atoms with van der Waals surface area (Å²) in [6.45, 7) is 0. The van der Waals surface area contributed by atoms with Gasteiger partial charge in [0, 0.05) is 5.27 Å². The third-order valence-electron chi connectivity index (χ3n) is 1.09. The zero-order valence-electron chi connectivity index (χ0n) is 4.89. The van der Waals surface area contributed by atoms with Gasteiger partial charge in [0.25, 0.3) is 0 Å². The normalized spacial score (nSPS) is 10.0. The lowest BCUT2D eigenvalue weighted by Crippen LogP contribution is -1.71. The fourth-order valence-corrected chi connectivity index (χ4v) is 0.622. The second-order valence-corrected chi connectivity index (χ2v) is 1.70. The van der Waals surface area contributed by atoms with Crippen LogP contribution in [0.1, 0.15) is 0 Å². The lowest BCUT2D eigenvalue weighted by molar-refractivity contribution is 0.393. The largest absolute Gasteiger partial charge is 0.364 e. The Bertz CT molecular complexity index is 254. The molecule has 10 heavy (non-hydrogen) atoms. The molecule has 0 aliphatic carbocycles. The quantitative estimate of drug-likeness (QED) is 0.579. The topological polar surface area (TPSA) is 65.0 Å². The second-order valence-electron chi connectivity index (χ2n) is 1.70. The summed E-state index contributed by atoms with van der Waals surface area (Å²) in [7, 11) is 0. The van der Waals surface area contributed by atoms with Crippen LogP contribution in [0.2, 0.25) is 0 Å². The van der Waals surface area contributed by atoms with Crippen molar-refractivity contribution in [1.82, 2.24) is 15.5 Å². The smallest absolute Gasteiger partial charge is 0.152 e. The van der Waals surface area contributed by atoms with E-state index in [1.807, 2.05) is 0 Å². The SMILES string of the molecule is c1nocc1-c1conn1. The van der Waals surface area contributed by atoms with E-state index < -0.39 is 0 Å². The van der Waals surface area contributed by atoms with Crippen molar-refractivity contribution >= 4 is 0 Å². The molecule has 0 unspecified atom stereocenters. The molecule has 2 aromatic rings. The summed E-state index contributed by atoms with van der Waals surface area (Å²) in [4.78, 5) is 0. The summed E-state index contributed by atoms with van der Waals surface area (Å²) in [5, 5.41) is 10.4. The van der Waals surface area contributed by atoms with Crippen molar-refractivity contribution in [2.45, 2.75) is 0 Å². The van der Waals surface area contributed by atoms with Crippen LogP contribution < -0.4 is 0 Å². The molecule has 0 saturated heterocycles. The fraction of sp³-hybridized carbons (Fsp3) is 0. The first-order valence-electron chi connectivity index (χ1n) is 2.63. The number of hydrogen-bond donors (Lipinski definition) is 0. The summed E-state index contributed by atoms with van der Waals surface area (Å²) in [5.41, 5.74) is 1.39. The van der Waals surface area contributed by atoms with Crippen LogP contribution in [0, 0.1) is 0 Å². The van der Waals surface area contributed by atoms with Crippen molar-refractivity contribution in [3.63, 3.8) is 0 Å². The van der Waals surface area contributed by atoms with E-state index >= 15 is 0 Å². The summed E-state index contributed by atoms with van der Waals surface area (Å²) < 4.78 is 9.09. The van der Waals surface area contributed by atoms with E-state index in [1.54, 1.807) is 6.20 Å². The molecule has 2 aromatic heterocycles. The average molecular weight is 137 g/mol. The van der Waals surface area contributed by atoms with E-state index in [2.05, 4.69) is 24.6 Å². The molecule has 0 bridgehead atoms. The zero-order chi connectivity index (χ0) is 6.81. The zero-order valence-corrected chi connectivity index (χ0v) is 4.89. The van der Waals surface area contributed by atoms with E-state index in [-0.39, 0.29) is 0 Å². The van der Waals surface area contributed by atoms with Crippen LogP contribution in [0.3, 0.4) is 0 Å². The number of rotatable bonds is 1. The molecule has 5 nitrogen and oxygen atoms in total. The molecule has 0 amide bonds. The third-order valence-corrected chi connectivity index (χ3v) is 1.09. The standard InChI is InChI=1S/C5H3N3O2/c1-4(2-9-6-1)5-3-10-8-7-5/h1-3H. The van der Waals surface area contributed by atoms with E-state index in [4.69, 9.17) is 0 Å². The average Bonchev–Trinajstić information content (AvgIpc) is 2.59. The Morgan fingerprint density at radius 1 is 1.20 bits per heavy atom. The molecule has 0 aromatic carbocycles. The van der Waals surface area contributed by atoms with Gasteiger partial charge in [-0.2, -0.15) is 0 Å². The molecule has 5 heteroatoms. The molecule has 2 rings (SSSR count). The Morgan fingerprint density at radius 2 is 2.20 bits per heavy atom. The van der Waals surface area contributed by atoms with Crippen molar-refractivity contribution in [3.05, 3.63) is 18.7 Å². The van der Waals surface area contributed by atoms with Gasteiger partial charge < -0.3 is 9.05 Å². The Labute approximate surface area is 55.6 Å². The second kappa shape index (κ2) is 1.94. The van der Waals surface area contributed by atoms with Crippen LogP contribution in [-0.4, -0.2) is 15.5 Å². The minimum Gasteiger partial charge on any atom is -0.364 e. The van der Waals surface area contributed by atoms with Crippen LogP contribution in [-0.2, 0) is 0 Å². The Balaban J connectivity index is 2.48. The highest BCUT2D eigenvalue weighted by Crippen LogP contribution is 2.13. The molecule has 0 radical (unpaired) electrons. The maximum atomic E-state index is 4.58. The van der Waals surface area contributed by atoms with E-state index in [1.165, 1.54) is 12.5 Å². The van der Waals surface area contributed by atoms with Crippen LogP contribution in [0.25, 0.3) is 11.3 Å². The highest BCUT2D eigenvalue weighted by molar-refractivity contribution is 5.53. The molecule has 0 atom stereocenters. The molecule has 0 fully saturated rings. The van der Waals surface area contributed by atoms with Crippen molar-refractivity contribution in [1.29, 1.82) is 0 Å². The lowest BCUT2D eigenvalue weighted by atomic mass is 10.3. The molecular weight excluding hydrogens is 134 g/mol. The summed E-state index contributed by atoms with van der Waals surface area (Å²) >= 11 is 0. The van der Waals surface area contributed by atoms with Gasteiger partial charge >= 0.3 is 0 Å². The van der Waals surface area contributed by atoms with Crippen LogP contribution >= 0.6 is 0 Å². The van der Waals surface area contributed by atoms with Gasteiger partial charge in [0.15, 0.2) is 6.26 Å². The maximum absolute atomic E-state index is 4.58. The van der Waals surface area contributed by atoms with Gasteiger partial charge in [-0.15, -0.1) is 5.10 Å². The number of hydrogen-bond acceptors (Lipinski definition) is 5. The van der Waals surface area contributed by atoms with Crippen molar-refractivity contribution < 1.29 is 9.05 Å². The van der Waals surface area contributed by atoms with Crippen molar-refractivity contribution in [3.8, 4) is 11.3 Å². The van der Waals surface area contributed by atoms with Crippen molar-refractivity contribution in [2.75, 3.05) is 0 Å². The monoisotopic (exact) mass is 137 g/mol. The first-order chi connectivity index (χ1) is 4.97. The third kappa shape index (κ3) is 0.680. The number of nitrogens with zero attached hydrogens (tertiary/aromatic N) is 3. The molecule has 2 heterocycles. The Kier molecular flexibility index (Phi) is 1.00. The van der Waals surface area contributed by atoms with Gasteiger partial charge in [0.2, 0.25) is 0 Å². The molecule has 50 valence electrons. The summed E-state index contributed by atoms with van der Waals surface area (Å²) in [6.07, 6.45) is 4.44. The molecule has 0 spiro atoms. The van der Waals surface area contributed by atoms with E-state index in [9.17, 15) is 0 Å². The Morgan fingerprint density at radius 3 is 2.80 bits per heavy atom. The minimum atomic E-state index is 0.626. The van der Waals surface area contributed by atoms with Crippen molar-refractivity contribution in [2.24, 2.45) is 0 Å². The minimum absolute atomic E-state index is 0.626. The van der Waals surface area contributed by atoms with Gasteiger partial charge in [-0.05, 0) is 0 Å². The molecule has 0 aliphatic rings. The predicted molar refractivity (Wildman–Crippen MR) is 29.8 cm³/mol. The highest BCUT2D eigenvalue weighted by Gasteiger charge is 2.02. The van der Waals surface area contributed by atoms with E-state index in [0.717, 1.165) is 5.56 Å². The molecule has 0 N–H and O–H groups in total. The van der Waals surface area contributed by atoms with Gasteiger partial charge in [0.1, 0.15) is 12.0 Å². The lowest BCUT2D eigenvalue weighted by Gasteiger charge is -1.76. The van der Waals surface area contributed by atoms with Gasteiger partial charge in [-0.1, -0.05) is 5.16 Å². The van der Waals surface area contributed by atoms with Crippen LogP contribution in [0.4, 0.5) is 0 Å². The predicted octanol–water partition coefficient (Wildman–Crippen LogP) is 0.725. The van der Waals surface area contributed by atoms with Gasteiger partial charge in [0.05, 0.1) is 11.8 Å². The number of aromatic nitrogens is 3. The summed E-state index contributed by atoms with van der Waals surface area (Å²) in [5.74, 6) is 0. The Hall–Kier alpha value is -1.65. The first-order valence-corrected chi connectivity index (χ1v) is 2.63. The maximum Gasteiger partial charge on any atom is 0.152 e. The molecule has 0 aliphatic heterocycles. The summed E-state index contributed by atoms with van der Waals surface area (Å²) in [6, 6.07) is 0. The van der Waals surface area contributed by atoms with Crippen LogP contribution in [0.15, 0.2) is 27.8 Å². The van der Waals surface area contributed by atoms with Gasteiger partial charge in [-0.25, -0.2) is 0 Å². The molecular formula is C5H3N3O2. The highest BCUT2D eigenvalue weighted by atomic mass is 16.5. The van der Waals surface area contributed by atoms with E-state index in [0.29, 0.717) is 5.69 Å². The first kappa shape index (κ1) is 5.16.